The molecule has 7 nitrogen and oxygen atoms in total. The van der Waals surface area contributed by atoms with Gasteiger partial charge in [-0.15, -0.1) is 0 Å². The molecule has 2 atom stereocenters. The summed E-state index contributed by atoms with van der Waals surface area (Å²) in [5.41, 5.74) is 1.11. The second kappa shape index (κ2) is 10.3. The maximum atomic E-state index is 12.8. The maximum Gasteiger partial charge on any atom is 0.359 e. The molecule has 1 saturated carbocycles. The van der Waals surface area contributed by atoms with Gasteiger partial charge in [-0.3, -0.25) is 0 Å². The number of carbonyl (C=O) groups excluding carboxylic acids is 1. The number of piperidine rings is 1. The quantitative estimate of drug-likeness (QED) is 0.511. The molecule has 0 bridgehead atoms. The number of ether oxygens (including phenoxy) is 1. The van der Waals surface area contributed by atoms with E-state index in [1.807, 2.05) is 20.8 Å². The van der Waals surface area contributed by atoms with Crippen molar-refractivity contribution < 1.29 is 13.7 Å². The van der Waals surface area contributed by atoms with Gasteiger partial charge in [-0.1, -0.05) is 41.8 Å². The predicted octanol–water partition coefficient (Wildman–Crippen LogP) is 5.43. The van der Waals surface area contributed by atoms with Crippen LogP contribution < -0.4 is 9.62 Å². The molecule has 0 radical (unpaired) electrons. The van der Waals surface area contributed by atoms with Gasteiger partial charge in [0.25, 0.3) is 0 Å². The van der Waals surface area contributed by atoms with Gasteiger partial charge in [-0.05, 0) is 57.9 Å². The number of rotatable bonds is 5. The van der Waals surface area contributed by atoms with Gasteiger partial charge < -0.3 is 9.64 Å². The number of carbonyl (C=O) groups is 1. The highest BCUT2D eigenvalue weighted by molar-refractivity contribution is 7.84. The maximum absolute atomic E-state index is 12.8. The number of anilines is 1. The summed E-state index contributed by atoms with van der Waals surface area (Å²) in [7, 11) is 0.228. The Morgan fingerprint density at radius 2 is 1.94 bits per heavy atom. The highest BCUT2D eigenvalue weighted by Crippen LogP contribution is 2.47. The fraction of sp³-hybridized carbons (Fsp3) is 0.560. The first-order valence-electron chi connectivity index (χ1n) is 11.9. The van der Waals surface area contributed by atoms with E-state index in [0.717, 1.165) is 45.2 Å². The number of methoxy groups -OCH3 is 1. The first-order valence-corrected chi connectivity index (χ1v) is 13.8. The van der Waals surface area contributed by atoms with E-state index in [1.54, 1.807) is 24.4 Å². The van der Waals surface area contributed by atoms with Crippen LogP contribution in [0.4, 0.5) is 5.82 Å². The molecule has 1 aromatic heterocycles. The van der Waals surface area contributed by atoms with Crippen molar-refractivity contribution in [2.24, 2.45) is 5.41 Å². The highest BCUT2D eigenvalue weighted by atomic mass is 35.5. The molecule has 1 N–H and O–H groups in total. The van der Waals surface area contributed by atoms with Gasteiger partial charge >= 0.3 is 5.97 Å². The van der Waals surface area contributed by atoms with Crippen molar-refractivity contribution in [3.05, 3.63) is 40.1 Å². The Kier molecular flexibility index (Phi) is 7.77. The molecular weight excluding hydrogens is 507 g/mol. The molecule has 2 fully saturated rings. The molecule has 1 saturated heterocycles. The molecule has 190 valence electrons. The summed E-state index contributed by atoms with van der Waals surface area (Å²) in [5.74, 6) is 0.0477. The topological polar surface area (TPSA) is 84.4 Å². The molecule has 1 spiro atoms. The van der Waals surface area contributed by atoms with Crippen LogP contribution >= 0.6 is 23.2 Å². The van der Waals surface area contributed by atoms with Crippen LogP contribution in [-0.4, -0.2) is 51.1 Å². The van der Waals surface area contributed by atoms with Crippen LogP contribution in [-0.2, 0) is 15.7 Å². The fourth-order valence-electron chi connectivity index (χ4n) is 5.06. The zero-order chi connectivity index (χ0) is 25.4. The smallest absolute Gasteiger partial charge is 0.359 e. The van der Waals surface area contributed by atoms with Gasteiger partial charge in [0.05, 0.1) is 39.1 Å². The van der Waals surface area contributed by atoms with E-state index < -0.39 is 17.0 Å². The molecule has 1 aliphatic carbocycles. The Labute approximate surface area is 219 Å². The van der Waals surface area contributed by atoms with Crippen molar-refractivity contribution in [1.82, 2.24) is 14.7 Å². The summed E-state index contributed by atoms with van der Waals surface area (Å²) < 4.78 is 20.9. The molecule has 10 heteroatoms. The summed E-state index contributed by atoms with van der Waals surface area (Å²) in [6, 6.07) is 5.43. The molecule has 2 aliphatic rings. The van der Waals surface area contributed by atoms with Crippen molar-refractivity contribution >= 4 is 46.0 Å². The minimum absolute atomic E-state index is 0.107. The standard InChI is InChI=1S/C25H32Cl2N4O3S/c1-24(2,3)35(33)30-18-9-6-10-25(18)11-13-31(14-12-25)19-15-28-21(22(29-19)23(32)34-4)16-7-5-8-17(26)20(16)27/h5,7-8,15,18,30H,6,9-14H2,1-4H3/t18-,35?/m1/s1. The molecule has 4 rings (SSSR count). The molecule has 2 aromatic rings. The number of nitrogens with one attached hydrogen (secondary N) is 1. The van der Waals surface area contributed by atoms with E-state index in [0.29, 0.717) is 27.1 Å². The molecule has 1 unspecified atom stereocenters. The van der Waals surface area contributed by atoms with Gasteiger partial charge in [0.2, 0.25) is 0 Å². The van der Waals surface area contributed by atoms with E-state index in [-0.39, 0.29) is 21.9 Å². The molecule has 1 aromatic carbocycles. The SMILES string of the molecule is COC(=O)c1nc(N2CCC3(CCC[C@H]3NS(=O)C(C)(C)C)CC2)cnc1-c1cccc(Cl)c1Cl. The Morgan fingerprint density at radius 1 is 1.23 bits per heavy atom. The predicted molar refractivity (Wildman–Crippen MR) is 141 cm³/mol. The molecule has 1 aliphatic heterocycles. The largest absolute Gasteiger partial charge is 0.464 e. The Balaban J connectivity index is 1.55. The number of hydrogen-bond acceptors (Lipinski definition) is 6. The van der Waals surface area contributed by atoms with Gasteiger partial charge in [-0.2, -0.15) is 0 Å². The van der Waals surface area contributed by atoms with Gasteiger partial charge in [-0.25, -0.2) is 23.7 Å². The summed E-state index contributed by atoms with van der Waals surface area (Å²) in [6.45, 7) is 7.56. The van der Waals surface area contributed by atoms with E-state index in [2.05, 4.69) is 19.6 Å². The second-order valence-electron chi connectivity index (χ2n) is 10.3. The summed E-state index contributed by atoms with van der Waals surface area (Å²) >= 11 is 12.6. The minimum atomic E-state index is -1.09. The van der Waals surface area contributed by atoms with Crippen molar-refractivity contribution in [1.29, 1.82) is 0 Å². The van der Waals surface area contributed by atoms with Crippen molar-refractivity contribution in [3.63, 3.8) is 0 Å². The van der Waals surface area contributed by atoms with E-state index in [1.165, 1.54) is 7.11 Å². The first kappa shape index (κ1) is 26.3. The number of aromatic nitrogens is 2. The molecule has 35 heavy (non-hydrogen) atoms. The third kappa shape index (κ3) is 5.36. The number of hydrogen-bond donors (Lipinski definition) is 1. The van der Waals surface area contributed by atoms with Crippen LogP contribution in [0.2, 0.25) is 10.0 Å². The Bertz CT molecular complexity index is 1130. The van der Waals surface area contributed by atoms with Crippen molar-refractivity contribution in [3.8, 4) is 11.3 Å². The van der Waals surface area contributed by atoms with E-state index in [9.17, 15) is 9.00 Å². The van der Waals surface area contributed by atoms with Gasteiger partial charge in [0.15, 0.2) is 5.69 Å². The molecule has 2 heterocycles. The van der Waals surface area contributed by atoms with Crippen LogP contribution in [0.5, 0.6) is 0 Å². The van der Waals surface area contributed by atoms with E-state index in [4.69, 9.17) is 27.9 Å². The summed E-state index contributed by atoms with van der Waals surface area (Å²) in [5, 5.41) is 0.688. The molecular formula is C25H32Cl2N4O3S. The van der Waals surface area contributed by atoms with E-state index >= 15 is 0 Å². The summed E-state index contributed by atoms with van der Waals surface area (Å²) in [6.07, 6.45) is 6.91. The number of esters is 1. The number of benzene rings is 1. The lowest BCUT2D eigenvalue weighted by Gasteiger charge is -2.44. The third-order valence-electron chi connectivity index (χ3n) is 7.14. The number of nitrogens with zero attached hydrogens (tertiary/aromatic N) is 3. The lowest BCUT2D eigenvalue weighted by atomic mass is 9.74. The lowest BCUT2D eigenvalue weighted by Crippen LogP contribution is -2.51. The fourth-order valence-corrected chi connectivity index (χ4v) is 6.43. The van der Waals surface area contributed by atoms with Crippen LogP contribution in [0, 0.1) is 5.41 Å². The monoisotopic (exact) mass is 538 g/mol. The third-order valence-corrected chi connectivity index (χ3v) is 9.57. The van der Waals surface area contributed by atoms with Crippen LogP contribution in [0.1, 0.15) is 63.4 Å². The van der Waals surface area contributed by atoms with Crippen molar-refractivity contribution in [2.75, 3.05) is 25.1 Å². The number of halogens is 2. The summed E-state index contributed by atoms with van der Waals surface area (Å²) in [4.78, 5) is 24.0. The van der Waals surface area contributed by atoms with Crippen LogP contribution in [0.15, 0.2) is 24.4 Å². The van der Waals surface area contributed by atoms with Crippen LogP contribution in [0.25, 0.3) is 11.3 Å². The van der Waals surface area contributed by atoms with Crippen LogP contribution in [0.3, 0.4) is 0 Å². The van der Waals surface area contributed by atoms with Gasteiger partial charge in [0, 0.05) is 24.7 Å². The first-order chi connectivity index (χ1) is 16.6. The van der Waals surface area contributed by atoms with Crippen molar-refractivity contribution in [2.45, 2.75) is 63.7 Å². The average Bonchev–Trinajstić information content (AvgIpc) is 3.21. The highest BCUT2D eigenvalue weighted by Gasteiger charge is 2.46. The Hall–Kier alpha value is -1.74. The average molecular weight is 540 g/mol. The molecule has 0 amide bonds. The normalized spacial score (nSPS) is 20.7. The Morgan fingerprint density at radius 3 is 2.60 bits per heavy atom. The zero-order valence-electron chi connectivity index (χ0n) is 20.6. The van der Waals surface area contributed by atoms with Gasteiger partial charge in [0.1, 0.15) is 11.5 Å². The minimum Gasteiger partial charge on any atom is -0.464 e. The second-order valence-corrected chi connectivity index (χ2v) is 13.1. The zero-order valence-corrected chi connectivity index (χ0v) is 22.9. The lowest BCUT2D eigenvalue weighted by molar-refractivity contribution is 0.0594.